The molecule has 0 spiro atoms. The molecule has 1 saturated carbocycles. The van der Waals surface area contributed by atoms with E-state index < -0.39 is 17.6 Å². The van der Waals surface area contributed by atoms with Gasteiger partial charge in [-0.25, -0.2) is 13.8 Å². The third kappa shape index (κ3) is 4.50. The number of carbonyl (C=O) groups is 1. The first-order valence-corrected chi connectivity index (χ1v) is 11.4. The maximum Gasteiger partial charge on any atom is 0.272 e. The monoisotopic (exact) mass is 491 g/mol. The van der Waals surface area contributed by atoms with Crippen molar-refractivity contribution < 1.29 is 37.3 Å². The largest absolute Gasteiger partial charge is 0.497 e. The molecule has 5 rings (SSSR count). The highest BCUT2D eigenvalue weighted by atomic mass is 19.3. The number of methoxy groups -OCH3 is 2. The molecule has 3 aliphatic rings. The van der Waals surface area contributed by atoms with E-state index in [4.69, 9.17) is 23.7 Å². The molecule has 2 atom stereocenters. The van der Waals surface area contributed by atoms with Gasteiger partial charge in [-0.05, 0) is 18.2 Å². The minimum absolute atomic E-state index is 0.108. The third-order valence-corrected chi connectivity index (χ3v) is 6.82. The number of amides is 1. The van der Waals surface area contributed by atoms with Crippen molar-refractivity contribution in [2.75, 3.05) is 40.7 Å². The van der Waals surface area contributed by atoms with Gasteiger partial charge in [-0.1, -0.05) is 0 Å². The lowest BCUT2D eigenvalue weighted by Gasteiger charge is -2.41. The van der Waals surface area contributed by atoms with E-state index in [9.17, 15) is 13.6 Å². The summed E-state index contributed by atoms with van der Waals surface area (Å²) in [5, 5.41) is 0. The Kier molecular flexibility index (Phi) is 6.22. The molecule has 1 amide bonds. The van der Waals surface area contributed by atoms with E-state index in [0.717, 1.165) is 0 Å². The Hall–Kier alpha value is -3.05. The molecule has 2 aromatic heterocycles. The number of piperidine rings is 1. The average molecular weight is 491 g/mol. The van der Waals surface area contributed by atoms with Gasteiger partial charge in [0.05, 0.1) is 33.1 Å². The summed E-state index contributed by atoms with van der Waals surface area (Å²) in [5.74, 6) is -1.98. The highest BCUT2D eigenvalue weighted by Crippen LogP contribution is 2.44. The van der Waals surface area contributed by atoms with Gasteiger partial charge in [0.15, 0.2) is 5.75 Å². The Balaban J connectivity index is 1.27. The topological polar surface area (TPSA) is 92.2 Å². The summed E-state index contributed by atoms with van der Waals surface area (Å²) >= 11 is 0. The van der Waals surface area contributed by atoms with Crippen LogP contribution in [0.3, 0.4) is 0 Å². The van der Waals surface area contributed by atoms with Crippen LogP contribution in [0.5, 0.6) is 17.4 Å². The van der Waals surface area contributed by atoms with Gasteiger partial charge in [0.1, 0.15) is 29.9 Å². The zero-order chi connectivity index (χ0) is 24.6. The predicted molar refractivity (Wildman–Crippen MR) is 118 cm³/mol. The standard InChI is InChI=1S/C24H27F2N3O6/c1-31-16-5-7-27-19(9-16)24-6-8-29(12-20(24)34-14-35-24)22(30)17-3-4-18(21(28-17)32-2)33-13-15-10-23(25,26)11-15/h3-5,7,9,15,20H,6,8,10-14H2,1-2H3/t20?,24-/m1/s1. The Morgan fingerprint density at radius 3 is 2.80 bits per heavy atom. The van der Waals surface area contributed by atoms with Crippen LogP contribution in [0, 0.1) is 5.92 Å². The van der Waals surface area contributed by atoms with Gasteiger partial charge in [0.25, 0.3) is 11.8 Å². The minimum atomic E-state index is -2.60. The second kappa shape index (κ2) is 9.19. The van der Waals surface area contributed by atoms with Crippen LogP contribution in [0.1, 0.15) is 35.4 Å². The van der Waals surface area contributed by atoms with Crippen molar-refractivity contribution in [2.45, 2.75) is 36.9 Å². The van der Waals surface area contributed by atoms with Crippen LogP contribution in [-0.2, 0) is 15.1 Å². The predicted octanol–water partition coefficient (Wildman–Crippen LogP) is 3.03. The smallest absolute Gasteiger partial charge is 0.272 e. The van der Waals surface area contributed by atoms with Gasteiger partial charge in [-0.3, -0.25) is 9.78 Å². The second-order valence-electron chi connectivity index (χ2n) is 9.03. The first-order chi connectivity index (χ1) is 16.8. The van der Waals surface area contributed by atoms with E-state index in [1.54, 1.807) is 36.4 Å². The maximum absolute atomic E-state index is 13.3. The fourth-order valence-electron chi connectivity index (χ4n) is 4.87. The lowest BCUT2D eigenvalue weighted by Crippen LogP contribution is -2.54. The van der Waals surface area contributed by atoms with Crippen molar-refractivity contribution in [3.63, 3.8) is 0 Å². The summed E-state index contributed by atoms with van der Waals surface area (Å²) in [6, 6.07) is 6.72. The van der Waals surface area contributed by atoms with Crippen LogP contribution >= 0.6 is 0 Å². The average Bonchev–Trinajstić information content (AvgIpc) is 3.30. The van der Waals surface area contributed by atoms with Gasteiger partial charge in [0.2, 0.25) is 5.92 Å². The van der Waals surface area contributed by atoms with Gasteiger partial charge in [-0.2, -0.15) is 0 Å². The molecule has 1 aliphatic carbocycles. The summed E-state index contributed by atoms with van der Waals surface area (Å²) < 4.78 is 54.2. The molecule has 9 nitrogen and oxygen atoms in total. The van der Waals surface area contributed by atoms with Crippen molar-refractivity contribution in [3.8, 4) is 17.4 Å². The molecule has 4 heterocycles. The van der Waals surface area contributed by atoms with Crippen LogP contribution in [0.2, 0.25) is 0 Å². The molecule has 35 heavy (non-hydrogen) atoms. The molecule has 0 radical (unpaired) electrons. The highest BCUT2D eigenvalue weighted by Gasteiger charge is 2.52. The Labute approximate surface area is 201 Å². The lowest BCUT2D eigenvalue weighted by molar-refractivity contribution is -0.119. The number of alkyl halides is 2. The number of nitrogens with zero attached hydrogens (tertiary/aromatic N) is 3. The SMILES string of the molecule is COc1ccnc([C@]23CCN(C(=O)c4ccc(OCC5CC(F)(F)C5)c(OC)n4)CC2OCO3)c1. The zero-order valence-corrected chi connectivity index (χ0v) is 19.5. The fraction of sp³-hybridized carbons (Fsp3) is 0.542. The molecular weight excluding hydrogens is 464 g/mol. The number of hydrogen-bond donors (Lipinski definition) is 0. The maximum atomic E-state index is 13.3. The van der Waals surface area contributed by atoms with Crippen molar-refractivity contribution in [1.29, 1.82) is 0 Å². The fourth-order valence-corrected chi connectivity index (χ4v) is 4.87. The first kappa shape index (κ1) is 23.7. The van der Waals surface area contributed by atoms with E-state index in [-0.39, 0.29) is 49.6 Å². The van der Waals surface area contributed by atoms with Crippen LogP contribution in [-0.4, -0.2) is 73.5 Å². The van der Waals surface area contributed by atoms with Crippen LogP contribution in [0.4, 0.5) is 8.78 Å². The molecule has 1 unspecified atom stereocenters. The summed E-state index contributed by atoms with van der Waals surface area (Å²) in [5.41, 5.74) is 0.138. The molecule has 2 aliphatic heterocycles. The highest BCUT2D eigenvalue weighted by molar-refractivity contribution is 5.92. The second-order valence-corrected chi connectivity index (χ2v) is 9.03. The van der Waals surface area contributed by atoms with Gasteiger partial charge in [0, 0.05) is 44.0 Å². The number of ether oxygens (including phenoxy) is 5. The van der Waals surface area contributed by atoms with Gasteiger partial charge >= 0.3 is 0 Å². The summed E-state index contributed by atoms with van der Waals surface area (Å²) in [6.45, 7) is 0.967. The molecule has 0 N–H and O–H groups in total. The van der Waals surface area contributed by atoms with E-state index >= 15 is 0 Å². The minimum Gasteiger partial charge on any atom is -0.497 e. The molecule has 188 valence electrons. The normalized spacial score (nSPS) is 25.5. The molecule has 11 heteroatoms. The molecule has 3 fully saturated rings. The number of rotatable bonds is 7. The quantitative estimate of drug-likeness (QED) is 0.584. The number of halogens is 2. The van der Waals surface area contributed by atoms with Crippen molar-refractivity contribution in [3.05, 3.63) is 41.9 Å². The van der Waals surface area contributed by atoms with Crippen molar-refractivity contribution in [2.24, 2.45) is 5.92 Å². The van der Waals surface area contributed by atoms with Gasteiger partial charge < -0.3 is 28.6 Å². The molecule has 0 aromatic carbocycles. The van der Waals surface area contributed by atoms with Gasteiger partial charge in [-0.15, -0.1) is 0 Å². The first-order valence-electron chi connectivity index (χ1n) is 11.4. The lowest BCUT2D eigenvalue weighted by atomic mass is 9.82. The number of carbonyl (C=O) groups excluding carboxylic acids is 1. The molecule has 2 aromatic rings. The van der Waals surface area contributed by atoms with E-state index in [0.29, 0.717) is 36.7 Å². The summed E-state index contributed by atoms with van der Waals surface area (Å²) in [6.07, 6.45) is 1.38. The Morgan fingerprint density at radius 1 is 1.23 bits per heavy atom. The van der Waals surface area contributed by atoms with Crippen molar-refractivity contribution in [1.82, 2.24) is 14.9 Å². The number of pyridine rings is 2. The van der Waals surface area contributed by atoms with E-state index in [2.05, 4.69) is 9.97 Å². The van der Waals surface area contributed by atoms with E-state index in [1.165, 1.54) is 7.11 Å². The van der Waals surface area contributed by atoms with Crippen molar-refractivity contribution >= 4 is 5.91 Å². The van der Waals surface area contributed by atoms with Crippen LogP contribution in [0.25, 0.3) is 0 Å². The molecule has 2 saturated heterocycles. The number of likely N-dealkylation sites (tertiary alicyclic amines) is 1. The third-order valence-electron chi connectivity index (χ3n) is 6.82. The number of hydrogen-bond acceptors (Lipinski definition) is 8. The Bertz CT molecular complexity index is 1090. The number of aromatic nitrogens is 2. The number of fused-ring (bicyclic) bond motifs is 1. The molecule has 0 bridgehead atoms. The molecular formula is C24H27F2N3O6. The summed E-state index contributed by atoms with van der Waals surface area (Å²) in [7, 11) is 3.01. The zero-order valence-electron chi connectivity index (χ0n) is 19.5. The summed E-state index contributed by atoms with van der Waals surface area (Å²) in [4.78, 5) is 23.7. The Morgan fingerprint density at radius 2 is 2.06 bits per heavy atom. The van der Waals surface area contributed by atoms with Crippen LogP contribution < -0.4 is 14.2 Å². The van der Waals surface area contributed by atoms with Crippen LogP contribution in [0.15, 0.2) is 30.5 Å². The van der Waals surface area contributed by atoms with E-state index in [1.807, 2.05) is 6.07 Å².